The highest BCUT2D eigenvalue weighted by molar-refractivity contribution is 7.84. The molecule has 0 bridgehead atoms. The molecule has 1 amide bonds. The van der Waals surface area contributed by atoms with Crippen molar-refractivity contribution in [2.24, 2.45) is 17.8 Å². The van der Waals surface area contributed by atoms with Gasteiger partial charge in [0.1, 0.15) is 16.7 Å². The van der Waals surface area contributed by atoms with Crippen LogP contribution in [0.5, 0.6) is 5.75 Å². The predicted molar refractivity (Wildman–Crippen MR) is 181 cm³/mol. The Labute approximate surface area is 263 Å². The van der Waals surface area contributed by atoms with Crippen LogP contribution in [0.3, 0.4) is 0 Å². The third kappa shape index (κ3) is 8.53. The van der Waals surface area contributed by atoms with E-state index in [2.05, 4.69) is 60.7 Å². The summed E-state index contributed by atoms with van der Waals surface area (Å²) >= 11 is 0. The Balaban J connectivity index is 0.00000207. The molecular formula is C37H54N2O3S. The number of hydrogen-bond donors (Lipinski definition) is 1. The van der Waals surface area contributed by atoms with Gasteiger partial charge < -0.3 is 9.64 Å². The number of rotatable bonds is 12. The number of nitrogens with one attached hydrogen (secondary N) is 1. The molecule has 2 saturated carbocycles. The van der Waals surface area contributed by atoms with E-state index in [9.17, 15) is 9.00 Å². The van der Waals surface area contributed by atoms with Crippen LogP contribution in [0.15, 0.2) is 48.6 Å². The number of aryl methyl sites for hydroxylation is 2. The molecule has 0 saturated heterocycles. The smallest absolute Gasteiger partial charge is 0.263 e. The van der Waals surface area contributed by atoms with Crippen molar-refractivity contribution in [3.05, 3.63) is 70.8 Å². The van der Waals surface area contributed by atoms with Crippen molar-refractivity contribution in [3.8, 4) is 5.75 Å². The topological polar surface area (TPSA) is 58.6 Å². The van der Waals surface area contributed by atoms with E-state index in [-0.39, 0.29) is 17.1 Å². The van der Waals surface area contributed by atoms with Crippen LogP contribution in [0, 0.1) is 24.7 Å². The van der Waals surface area contributed by atoms with Crippen molar-refractivity contribution in [3.63, 3.8) is 0 Å². The van der Waals surface area contributed by atoms with E-state index >= 15 is 0 Å². The fraction of sp³-hybridized carbons (Fsp3) is 0.595. The lowest BCUT2D eigenvalue weighted by Gasteiger charge is -2.41. The third-order valence-corrected chi connectivity index (χ3v) is 10.8. The van der Waals surface area contributed by atoms with Crippen molar-refractivity contribution >= 4 is 22.6 Å². The Morgan fingerprint density at radius 3 is 2.51 bits per heavy atom. The molecule has 5 nitrogen and oxygen atoms in total. The SMILES string of the molecule is CC.CC/C=C/CC1CCC1CN1CC(c2ccc(C)cc2CCC)COc2ccc(C(=O)NS(=O)C(C)C3CC3)cc21. The number of allylic oxidation sites excluding steroid dienone is 2. The summed E-state index contributed by atoms with van der Waals surface area (Å²) in [6, 6.07) is 12.6. The molecule has 6 heteroatoms. The standard InChI is InChI=1S/C35H48N2O3S.C2H6/c1-5-7-8-10-27-14-15-30(27)21-37-22-31(32-17-11-24(3)19-28(32)9-6-2)23-40-34-18-16-29(20-33(34)37)35(38)36-41(39)25(4)26-12-13-26;1-2/h7-8,11,16-20,25-27,30-31H,5-6,9-10,12-15,21-23H2,1-4H3,(H,36,38);1-2H3/b8-7+;. The number of benzene rings is 2. The minimum Gasteiger partial charge on any atom is -0.491 e. The summed E-state index contributed by atoms with van der Waals surface area (Å²) in [5.74, 6) is 2.60. The maximum absolute atomic E-state index is 13.2. The molecule has 2 aromatic carbocycles. The summed E-state index contributed by atoms with van der Waals surface area (Å²) in [6.07, 6.45) is 13.8. The molecule has 2 aromatic rings. The quantitative estimate of drug-likeness (QED) is 0.246. The highest BCUT2D eigenvalue weighted by Gasteiger charge is 2.35. The van der Waals surface area contributed by atoms with Gasteiger partial charge in [0.15, 0.2) is 0 Å². The molecule has 0 aromatic heterocycles. The van der Waals surface area contributed by atoms with E-state index in [0.29, 0.717) is 29.9 Å². The molecule has 0 spiro atoms. The van der Waals surface area contributed by atoms with Crippen LogP contribution in [0.1, 0.15) is 113 Å². The minimum absolute atomic E-state index is 0.00972. The number of amides is 1. The largest absolute Gasteiger partial charge is 0.491 e. The summed E-state index contributed by atoms with van der Waals surface area (Å²) in [4.78, 5) is 15.7. The highest BCUT2D eigenvalue weighted by Crippen LogP contribution is 2.42. The second-order valence-corrected chi connectivity index (χ2v) is 14.1. The van der Waals surface area contributed by atoms with Gasteiger partial charge in [0.2, 0.25) is 0 Å². The number of anilines is 1. The number of carbonyl (C=O) groups excluding carboxylic acids is 1. The first-order valence-corrected chi connectivity index (χ1v) is 18.1. The maximum Gasteiger partial charge on any atom is 0.263 e. The minimum atomic E-state index is -1.38. The molecule has 1 heterocycles. The zero-order chi connectivity index (χ0) is 30.9. The van der Waals surface area contributed by atoms with E-state index in [4.69, 9.17) is 4.74 Å². The van der Waals surface area contributed by atoms with Gasteiger partial charge >= 0.3 is 0 Å². The van der Waals surface area contributed by atoms with Gasteiger partial charge in [0.25, 0.3) is 5.91 Å². The Hall–Kier alpha value is -2.60. The molecule has 2 fully saturated rings. The summed E-state index contributed by atoms with van der Waals surface area (Å²) in [5.41, 5.74) is 5.64. The molecule has 0 radical (unpaired) electrons. The predicted octanol–water partition coefficient (Wildman–Crippen LogP) is 8.53. The van der Waals surface area contributed by atoms with Crippen molar-refractivity contribution in [1.82, 2.24) is 4.72 Å². The van der Waals surface area contributed by atoms with Crippen LogP contribution in [-0.2, 0) is 17.4 Å². The van der Waals surface area contributed by atoms with Crippen molar-refractivity contribution < 1.29 is 13.7 Å². The number of carbonyl (C=O) groups is 1. The van der Waals surface area contributed by atoms with Crippen LogP contribution >= 0.6 is 0 Å². The molecule has 3 aliphatic rings. The highest BCUT2D eigenvalue weighted by atomic mass is 32.2. The van der Waals surface area contributed by atoms with Gasteiger partial charge in [0, 0.05) is 24.6 Å². The van der Waals surface area contributed by atoms with Crippen LogP contribution in [0.2, 0.25) is 0 Å². The van der Waals surface area contributed by atoms with Gasteiger partial charge in [-0.2, -0.15) is 0 Å². The first-order chi connectivity index (χ1) is 20.9. The lowest BCUT2D eigenvalue weighted by Crippen LogP contribution is -2.40. The van der Waals surface area contributed by atoms with E-state index in [0.717, 1.165) is 63.1 Å². The Bertz CT molecular complexity index is 1270. The van der Waals surface area contributed by atoms with Gasteiger partial charge in [-0.1, -0.05) is 70.0 Å². The lowest BCUT2D eigenvalue weighted by molar-refractivity contribution is 0.0982. The molecule has 2 aliphatic carbocycles. The Morgan fingerprint density at radius 1 is 1.07 bits per heavy atom. The van der Waals surface area contributed by atoms with Crippen molar-refractivity contribution in [2.45, 2.75) is 104 Å². The Morgan fingerprint density at radius 2 is 1.84 bits per heavy atom. The number of fused-ring (bicyclic) bond motifs is 1. The number of ether oxygens (including phenoxy) is 1. The van der Waals surface area contributed by atoms with E-state index in [1.165, 1.54) is 29.5 Å². The van der Waals surface area contributed by atoms with Crippen LogP contribution < -0.4 is 14.4 Å². The van der Waals surface area contributed by atoms with Gasteiger partial charge in [0.05, 0.1) is 17.5 Å². The van der Waals surface area contributed by atoms with Crippen LogP contribution in [0.25, 0.3) is 0 Å². The second-order valence-electron chi connectivity index (χ2n) is 12.5. The molecule has 236 valence electrons. The lowest BCUT2D eigenvalue weighted by atomic mass is 9.71. The zero-order valence-electron chi connectivity index (χ0n) is 27.4. The summed E-state index contributed by atoms with van der Waals surface area (Å²) < 4.78 is 22.1. The molecule has 5 unspecified atom stereocenters. The fourth-order valence-electron chi connectivity index (χ4n) is 6.51. The summed E-state index contributed by atoms with van der Waals surface area (Å²) in [5, 5.41) is -0.00972. The van der Waals surface area contributed by atoms with Crippen LogP contribution in [-0.4, -0.2) is 35.1 Å². The second kappa shape index (κ2) is 15.9. The normalized spacial score (nSPS) is 22.7. The average Bonchev–Trinajstić information content (AvgIpc) is 3.86. The number of nitrogens with zero attached hydrogens (tertiary/aromatic N) is 1. The van der Waals surface area contributed by atoms with Crippen LogP contribution in [0.4, 0.5) is 5.69 Å². The number of hydrogen-bond acceptors (Lipinski definition) is 4. The molecule has 1 N–H and O–H groups in total. The molecular weight excluding hydrogens is 552 g/mol. The third-order valence-electron chi connectivity index (χ3n) is 9.39. The van der Waals surface area contributed by atoms with E-state index < -0.39 is 11.0 Å². The van der Waals surface area contributed by atoms with Gasteiger partial charge in [-0.25, -0.2) is 4.21 Å². The molecule has 43 heavy (non-hydrogen) atoms. The van der Waals surface area contributed by atoms with E-state index in [1.54, 1.807) is 0 Å². The molecule has 5 rings (SSSR count). The summed E-state index contributed by atoms with van der Waals surface area (Å²) in [7, 11) is -1.38. The monoisotopic (exact) mass is 606 g/mol. The van der Waals surface area contributed by atoms with Crippen molar-refractivity contribution in [2.75, 3.05) is 24.6 Å². The molecule has 5 atom stereocenters. The molecule has 1 aliphatic heterocycles. The Kier molecular flexibility index (Phi) is 12.3. The van der Waals surface area contributed by atoms with Gasteiger partial charge in [-0.15, -0.1) is 0 Å². The van der Waals surface area contributed by atoms with Gasteiger partial charge in [-0.3, -0.25) is 9.52 Å². The summed E-state index contributed by atoms with van der Waals surface area (Å²) in [6.45, 7) is 15.0. The fourth-order valence-corrected chi connectivity index (χ4v) is 7.62. The van der Waals surface area contributed by atoms with E-state index in [1.807, 2.05) is 39.0 Å². The maximum atomic E-state index is 13.2. The van der Waals surface area contributed by atoms with Crippen molar-refractivity contribution in [1.29, 1.82) is 0 Å². The zero-order valence-corrected chi connectivity index (χ0v) is 28.2. The first kappa shape index (κ1) is 33.3. The van der Waals surface area contributed by atoms with Gasteiger partial charge in [-0.05, 0) is 106 Å². The average molecular weight is 607 g/mol. The first-order valence-electron chi connectivity index (χ1n) is 16.9.